The van der Waals surface area contributed by atoms with E-state index in [1.165, 1.54) is 22.3 Å². The summed E-state index contributed by atoms with van der Waals surface area (Å²) in [5.74, 6) is 2.00. The van der Waals surface area contributed by atoms with Gasteiger partial charge in [0.1, 0.15) is 5.82 Å². The Bertz CT molecular complexity index is 3890. The fourth-order valence-electron chi connectivity index (χ4n) is 10.4. The first-order valence-corrected chi connectivity index (χ1v) is 24.7. The molecule has 11 aromatic rings. The third-order valence-electron chi connectivity index (χ3n) is 14.3. The van der Waals surface area contributed by atoms with Gasteiger partial charge in [-0.3, -0.25) is 4.57 Å². The van der Waals surface area contributed by atoms with E-state index in [0.717, 1.165) is 89.0 Å². The summed E-state index contributed by atoms with van der Waals surface area (Å²) >= 11 is 0. The molecular weight excluding hydrogens is 1060 g/mol. The number of nitrogens with zero attached hydrogens (tertiary/aromatic N) is 4. The normalized spacial score (nSPS) is 12.4. The van der Waals surface area contributed by atoms with Gasteiger partial charge in [-0.05, 0) is 102 Å². The number of para-hydroxylation sites is 3. The first-order valence-electron chi connectivity index (χ1n) is 24.7. The van der Waals surface area contributed by atoms with Crippen molar-refractivity contribution in [3.63, 3.8) is 0 Å². The van der Waals surface area contributed by atoms with Gasteiger partial charge in [-0.2, -0.15) is 12.1 Å². The molecule has 0 unspecified atom stereocenters. The van der Waals surface area contributed by atoms with Crippen molar-refractivity contribution in [3.8, 4) is 73.2 Å². The Kier molecular flexibility index (Phi) is 11.4. The molecule has 0 atom stereocenters. The molecule has 1 aliphatic rings. The van der Waals surface area contributed by atoms with Crippen molar-refractivity contribution in [2.24, 2.45) is 0 Å². The number of ether oxygens (including phenoxy) is 1. The third-order valence-corrected chi connectivity index (χ3v) is 14.3. The Balaban J connectivity index is 0.00000560. The van der Waals surface area contributed by atoms with E-state index in [9.17, 15) is 0 Å². The molecule has 8 aromatic carbocycles. The van der Waals surface area contributed by atoms with Crippen LogP contribution in [0.5, 0.6) is 11.5 Å². The van der Waals surface area contributed by atoms with Crippen LogP contribution in [0.1, 0.15) is 79.0 Å². The van der Waals surface area contributed by atoms with Crippen molar-refractivity contribution in [1.82, 2.24) is 14.1 Å². The van der Waals surface area contributed by atoms with Gasteiger partial charge in [0.05, 0.1) is 16.7 Å². The van der Waals surface area contributed by atoms with E-state index in [-0.39, 0.29) is 37.3 Å². The van der Waals surface area contributed by atoms with Crippen LogP contribution in [-0.2, 0) is 37.3 Å². The Hall–Kier alpha value is -7.33. The summed E-state index contributed by atoms with van der Waals surface area (Å²) in [5.41, 5.74) is 18.2. The molecule has 72 heavy (non-hydrogen) atoms. The van der Waals surface area contributed by atoms with Gasteiger partial charge in [-0.25, -0.2) is 4.98 Å². The van der Waals surface area contributed by atoms with Crippen molar-refractivity contribution in [3.05, 3.63) is 211 Å². The molecule has 3 heterocycles. The van der Waals surface area contributed by atoms with E-state index in [2.05, 4.69) is 258 Å². The van der Waals surface area contributed by atoms with Gasteiger partial charge in [0.2, 0.25) is 0 Å². The maximum atomic E-state index is 7.40. The molecule has 358 valence electrons. The van der Waals surface area contributed by atoms with Gasteiger partial charge in [0, 0.05) is 44.3 Å². The number of aromatic nitrogens is 4. The number of fused-ring (bicyclic) bond motifs is 12. The first kappa shape index (κ1) is 47.0. The minimum Gasteiger partial charge on any atom is -0.509 e. The Morgan fingerprint density at radius 1 is 0.486 bits per heavy atom. The summed E-state index contributed by atoms with van der Waals surface area (Å²) in [6.45, 7) is 20.4. The zero-order chi connectivity index (χ0) is 49.0. The summed E-state index contributed by atoms with van der Waals surface area (Å²) in [7, 11) is 0. The number of imidazole rings is 1. The van der Waals surface area contributed by atoms with Crippen molar-refractivity contribution in [2.45, 2.75) is 78.6 Å². The molecule has 0 aliphatic heterocycles. The molecule has 0 fully saturated rings. The largest absolute Gasteiger partial charge is 0.509 e. The summed E-state index contributed by atoms with van der Waals surface area (Å²) in [6, 6.07) is 68.8. The molecule has 12 rings (SSSR count). The summed E-state index contributed by atoms with van der Waals surface area (Å²) in [6.07, 6.45) is 5.79. The Morgan fingerprint density at radius 3 is 1.65 bits per heavy atom. The van der Waals surface area contributed by atoms with Crippen molar-refractivity contribution < 1.29 is 30.4 Å². The number of pyridine rings is 1. The van der Waals surface area contributed by atoms with Crippen molar-refractivity contribution in [2.75, 3.05) is 0 Å². The van der Waals surface area contributed by atoms with Gasteiger partial charge in [0.15, 0.2) is 0 Å². The SMILES string of the molecule is CC(C)(C)c1cc(-[n+]2[c-]n(-c3[c-]c(Oc4[c-]c5c(cc4)c4ccccc4n5-c4cc(C(C)(C)C)ccn4)c4c(c3)-c3ccccc3-c3ccccc3-c3ccccc3-4)c3ccccc32)cc(C(C)(C)C)c1.[Pt]. The van der Waals surface area contributed by atoms with E-state index in [0.29, 0.717) is 11.5 Å². The third kappa shape index (κ3) is 7.99. The number of benzene rings is 8. The maximum absolute atomic E-state index is 7.40. The quantitative estimate of drug-likeness (QED) is 0.127. The maximum Gasteiger partial charge on any atom is 0.268 e. The standard InChI is InChI=1S/C66H56N4O.Pt/c1-64(2,3)42-32-33-67-62(37-42)70-57-27-17-16-25-53(57)54-31-30-47(40-60(54)70)71-61-39-46(38-56-52-24-13-12-22-50(52)48-20-10-11-21-49(48)51-23-14-15-26-55(51)63(56)61)69-41-68(58-28-18-19-29-59(58)69)45-35-43(65(4,5)6)34-44(36-45)66(7,8)9;/h10-38H,1-9H3;/q-2;. The number of hydrogen-bond donors (Lipinski definition) is 0. The van der Waals surface area contributed by atoms with Crippen LogP contribution in [0.25, 0.3) is 94.5 Å². The molecule has 0 amide bonds. The fourth-order valence-corrected chi connectivity index (χ4v) is 10.4. The summed E-state index contributed by atoms with van der Waals surface area (Å²) < 4.78 is 14.0. The minimum absolute atomic E-state index is 0. The van der Waals surface area contributed by atoms with Crippen LogP contribution in [0.4, 0.5) is 0 Å². The number of hydrogen-bond acceptors (Lipinski definition) is 2. The fraction of sp³-hybridized carbons (Fsp3) is 0.182. The van der Waals surface area contributed by atoms with Crippen LogP contribution in [0.3, 0.4) is 0 Å². The van der Waals surface area contributed by atoms with E-state index in [1.807, 2.05) is 12.3 Å². The topological polar surface area (TPSA) is 35.9 Å². The van der Waals surface area contributed by atoms with Crippen LogP contribution >= 0.6 is 0 Å². The molecule has 0 bridgehead atoms. The second-order valence-corrected chi connectivity index (χ2v) is 22.1. The minimum atomic E-state index is -0.0612. The smallest absolute Gasteiger partial charge is 0.268 e. The molecular formula is C66H56N4OPt-2. The second-order valence-electron chi connectivity index (χ2n) is 22.1. The molecule has 3 aromatic heterocycles. The van der Waals surface area contributed by atoms with Crippen LogP contribution in [0.15, 0.2) is 176 Å². The van der Waals surface area contributed by atoms with E-state index in [4.69, 9.17) is 9.72 Å². The average Bonchev–Trinajstić information content (AvgIpc) is 3.91. The second kappa shape index (κ2) is 17.5. The zero-order valence-electron chi connectivity index (χ0n) is 42.3. The summed E-state index contributed by atoms with van der Waals surface area (Å²) in [4.78, 5) is 4.97. The van der Waals surface area contributed by atoms with Crippen LogP contribution in [0, 0.1) is 18.5 Å². The van der Waals surface area contributed by atoms with Gasteiger partial charge >= 0.3 is 0 Å². The van der Waals surface area contributed by atoms with Gasteiger partial charge in [-0.1, -0.05) is 200 Å². The molecule has 0 radical (unpaired) electrons. The molecule has 0 saturated carbocycles. The van der Waals surface area contributed by atoms with Crippen LogP contribution in [-0.4, -0.2) is 14.1 Å². The molecule has 6 heteroatoms. The van der Waals surface area contributed by atoms with Gasteiger partial charge in [0.25, 0.3) is 6.33 Å². The molecule has 0 N–H and O–H groups in total. The monoisotopic (exact) mass is 1120 g/mol. The predicted octanol–water partition coefficient (Wildman–Crippen LogP) is 16.5. The van der Waals surface area contributed by atoms with E-state index in [1.54, 1.807) is 0 Å². The number of rotatable bonds is 5. The van der Waals surface area contributed by atoms with E-state index < -0.39 is 0 Å². The van der Waals surface area contributed by atoms with Crippen LogP contribution in [0.2, 0.25) is 0 Å². The molecule has 1 aliphatic carbocycles. The first-order chi connectivity index (χ1) is 34.1. The van der Waals surface area contributed by atoms with Gasteiger partial charge < -0.3 is 13.9 Å². The summed E-state index contributed by atoms with van der Waals surface area (Å²) in [5, 5.41) is 2.20. The van der Waals surface area contributed by atoms with Crippen LogP contribution < -0.4 is 9.30 Å². The van der Waals surface area contributed by atoms with Gasteiger partial charge in [-0.15, -0.1) is 29.1 Å². The van der Waals surface area contributed by atoms with Crippen molar-refractivity contribution >= 4 is 32.8 Å². The average molecular weight is 1120 g/mol. The Labute approximate surface area is 437 Å². The Morgan fingerprint density at radius 2 is 1.03 bits per heavy atom. The zero-order valence-corrected chi connectivity index (χ0v) is 44.5. The van der Waals surface area contributed by atoms with Crippen molar-refractivity contribution in [1.29, 1.82) is 0 Å². The molecule has 0 spiro atoms. The molecule has 5 nitrogen and oxygen atoms in total. The molecule has 0 saturated heterocycles. The predicted molar refractivity (Wildman–Crippen MR) is 291 cm³/mol. The van der Waals surface area contributed by atoms with E-state index >= 15 is 0 Å².